The van der Waals surface area contributed by atoms with Crippen LogP contribution in [0.4, 0.5) is 0 Å². The molecule has 2 saturated carbocycles. The molecule has 3 rings (SSSR count). The fourth-order valence-electron chi connectivity index (χ4n) is 4.43. The molecule has 1 N–H and O–H groups in total. The summed E-state index contributed by atoms with van der Waals surface area (Å²) < 4.78 is 0. The maximum absolute atomic E-state index is 3.80. The van der Waals surface area contributed by atoms with Crippen molar-refractivity contribution < 1.29 is 0 Å². The minimum absolute atomic E-state index is 0.744. The normalized spacial score (nSPS) is 38.2. The first kappa shape index (κ1) is 11.8. The SMILES string of the molecule is CCNC(C1=CCCCCC1)C1C2CCCC21. The van der Waals surface area contributed by atoms with E-state index >= 15 is 0 Å². The van der Waals surface area contributed by atoms with Gasteiger partial charge in [-0.25, -0.2) is 0 Å². The Morgan fingerprint density at radius 3 is 2.76 bits per heavy atom. The van der Waals surface area contributed by atoms with Gasteiger partial charge in [0.05, 0.1) is 0 Å². The lowest BCUT2D eigenvalue weighted by atomic mass is 9.93. The van der Waals surface area contributed by atoms with Crippen LogP contribution in [0.15, 0.2) is 11.6 Å². The Balaban J connectivity index is 1.69. The molecule has 96 valence electrons. The summed E-state index contributed by atoms with van der Waals surface area (Å²) in [5.74, 6) is 3.18. The molecule has 0 aliphatic heterocycles. The highest BCUT2D eigenvalue weighted by atomic mass is 14.9. The summed E-state index contributed by atoms with van der Waals surface area (Å²) in [6, 6.07) is 0.744. The molecule has 2 fully saturated rings. The van der Waals surface area contributed by atoms with Gasteiger partial charge in [-0.05, 0) is 62.8 Å². The van der Waals surface area contributed by atoms with Crippen LogP contribution in [0, 0.1) is 17.8 Å². The zero-order chi connectivity index (χ0) is 11.7. The molecule has 0 radical (unpaired) electrons. The fourth-order valence-corrected chi connectivity index (χ4v) is 4.43. The minimum Gasteiger partial charge on any atom is -0.310 e. The maximum atomic E-state index is 3.80. The Bertz CT molecular complexity index is 284. The molecule has 0 aromatic heterocycles. The van der Waals surface area contributed by atoms with E-state index in [0.29, 0.717) is 0 Å². The average Bonchev–Trinajstić information content (AvgIpc) is 2.94. The van der Waals surface area contributed by atoms with E-state index in [1.54, 1.807) is 5.57 Å². The topological polar surface area (TPSA) is 12.0 Å². The van der Waals surface area contributed by atoms with Crippen molar-refractivity contribution in [2.24, 2.45) is 17.8 Å². The lowest BCUT2D eigenvalue weighted by Gasteiger charge is -2.23. The molecule has 0 heterocycles. The van der Waals surface area contributed by atoms with Crippen LogP contribution in [-0.4, -0.2) is 12.6 Å². The summed E-state index contributed by atoms with van der Waals surface area (Å²) in [4.78, 5) is 0. The number of allylic oxidation sites excluding steroid dienone is 1. The maximum Gasteiger partial charge on any atom is 0.0313 e. The van der Waals surface area contributed by atoms with Crippen LogP contribution in [0.2, 0.25) is 0 Å². The second-order valence-corrected chi connectivity index (χ2v) is 6.25. The predicted molar refractivity (Wildman–Crippen MR) is 73.0 cm³/mol. The monoisotopic (exact) mass is 233 g/mol. The Hall–Kier alpha value is -0.300. The first-order chi connectivity index (χ1) is 8.42. The summed E-state index contributed by atoms with van der Waals surface area (Å²) in [6.07, 6.45) is 14.1. The standard InChI is InChI=1S/C16H27N/c1-2-17-16(12-8-5-3-4-6-9-12)15-13-10-7-11-14(13)15/h8,13-17H,2-7,9-11H2,1H3. The average molecular weight is 233 g/mol. The molecule has 0 saturated heterocycles. The van der Waals surface area contributed by atoms with E-state index < -0.39 is 0 Å². The minimum atomic E-state index is 0.744. The van der Waals surface area contributed by atoms with E-state index in [9.17, 15) is 0 Å². The summed E-state index contributed by atoms with van der Waals surface area (Å²) in [6.45, 7) is 3.40. The van der Waals surface area contributed by atoms with Gasteiger partial charge in [0.1, 0.15) is 0 Å². The van der Waals surface area contributed by atoms with E-state index in [0.717, 1.165) is 30.3 Å². The molecule has 0 aromatic rings. The number of rotatable bonds is 4. The molecule has 0 amide bonds. The Kier molecular flexibility index (Phi) is 3.56. The van der Waals surface area contributed by atoms with E-state index in [-0.39, 0.29) is 0 Å². The van der Waals surface area contributed by atoms with Gasteiger partial charge in [0, 0.05) is 6.04 Å². The van der Waals surface area contributed by atoms with Crippen LogP contribution in [0.1, 0.15) is 58.3 Å². The lowest BCUT2D eigenvalue weighted by Crippen LogP contribution is -2.34. The van der Waals surface area contributed by atoms with Crippen molar-refractivity contribution in [3.05, 3.63) is 11.6 Å². The third kappa shape index (κ3) is 2.31. The molecule has 1 heteroatoms. The molecule has 3 unspecified atom stereocenters. The van der Waals surface area contributed by atoms with Crippen molar-refractivity contribution >= 4 is 0 Å². The molecule has 1 nitrogen and oxygen atoms in total. The molecule has 0 spiro atoms. The molecule has 3 aliphatic carbocycles. The fraction of sp³-hybridized carbons (Fsp3) is 0.875. The van der Waals surface area contributed by atoms with Gasteiger partial charge < -0.3 is 5.32 Å². The summed E-state index contributed by atoms with van der Waals surface area (Å²) in [5, 5.41) is 3.80. The summed E-state index contributed by atoms with van der Waals surface area (Å²) in [5.41, 5.74) is 1.77. The van der Waals surface area contributed by atoms with Gasteiger partial charge in [-0.15, -0.1) is 0 Å². The molecular formula is C16H27N. The van der Waals surface area contributed by atoms with Gasteiger partial charge in [-0.3, -0.25) is 0 Å². The van der Waals surface area contributed by atoms with Crippen LogP contribution >= 0.6 is 0 Å². The number of likely N-dealkylation sites (N-methyl/N-ethyl adjacent to an activating group) is 1. The van der Waals surface area contributed by atoms with Gasteiger partial charge in [0.25, 0.3) is 0 Å². The van der Waals surface area contributed by atoms with Gasteiger partial charge >= 0.3 is 0 Å². The Morgan fingerprint density at radius 1 is 1.18 bits per heavy atom. The van der Waals surface area contributed by atoms with E-state index in [4.69, 9.17) is 0 Å². The Labute approximate surface area is 106 Å². The van der Waals surface area contributed by atoms with Gasteiger partial charge in [-0.2, -0.15) is 0 Å². The van der Waals surface area contributed by atoms with Gasteiger partial charge in [-0.1, -0.05) is 31.4 Å². The molecule has 17 heavy (non-hydrogen) atoms. The summed E-state index contributed by atoms with van der Waals surface area (Å²) in [7, 11) is 0. The molecule has 0 aromatic carbocycles. The summed E-state index contributed by atoms with van der Waals surface area (Å²) >= 11 is 0. The van der Waals surface area contributed by atoms with Crippen molar-refractivity contribution in [3.63, 3.8) is 0 Å². The van der Waals surface area contributed by atoms with Crippen molar-refractivity contribution in [2.45, 2.75) is 64.3 Å². The zero-order valence-electron chi connectivity index (χ0n) is 11.3. The van der Waals surface area contributed by atoms with Crippen LogP contribution in [0.5, 0.6) is 0 Å². The van der Waals surface area contributed by atoms with E-state index in [1.165, 1.54) is 51.4 Å². The Morgan fingerprint density at radius 2 is 2.00 bits per heavy atom. The quantitative estimate of drug-likeness (QED) is 0.726. The van der Waals surface area contributed by atoms with Crippen molar-refractivity contribution in [1.29, 1.82) is 0 Å². The number of fused-ring (bicyclic) bond motifs is 1. The van der Waals surface area contributed by atoms with Crippen molar-refractivity contribution in [1.82, 2.24) is 5.32 Å². The highest BCUT2D eigenvalue weighted by Crippen LogP contribution is 2.60. The third-order valence-electron chi connectivity index (χ3n) is 5.26. The molecule has 3 atom stereocenters. The van der Waals surface area contributed by atoms with Crippen LogP contribution in [-0.2, 0) is 0 Å². The molecule has 3 aliphatic rings. The van der Waals surface area contributed by atoms with Crippen LogP contribution in [0.3, 0.4) is 0 Å². The van der Waals surface area contributed by atoms with E-state index in [1.807, 2.05) is 0 Å². The number of hydrogen-bond acceptors (Lipinski definition) is 1. The molecule has 0 bridgehead atoms. The smallest absolute Gasteiger partial charge is 0.0313 e. The van der Waals surface area contributed by atoms with Crippen LogP contribution < -0.4 is 5.32 Å². The first-order valence-corrected chi connectivity index (χ1v) is 7.84. The van der Waals surface area contributed by atoms with Crippen molar-refractivity contribution in [2.75, 3.05) is 6.54 Å². The highest BCUT2D eigenvalue weighted by Gasteiger charge is 2.56. The second kappa shape index (κ2) is 5.14. The van der Waals surface area contributed by atoms with Crippen LogP contribution in [0.25, 0.3) is 0 Å². The van der Waals surface area contributed by atoms with Crippen molar-refractivity contribution in [3.8, 4) is 0 Å². The van der Waals surface area contributed by atoms with E-state index in [2.05, 4.69) is 18.3 Å². The highest BCUT2D eigenvalue weighted by molar-refractivity contribution is 5.21. The number of nitrogens with one attached hydrogen (secondary N) is 1. The number of hydrogen-bond donors (Lipinski definition) is 1. The lowest BCUT2D eigenvalue weighted by molar-refractivity contribution is 0.445. The zero-order valence-corrected chi connectivity index (χ0v) is 11.3. The predicted octanol–water partition coefficient (Wildman–Crippen LogP) is 3.90. The van der Waals surface area contributed by atoms with Gasteiger partial charge in [0.15, 0.2) is 0 Å². The van der Waals surface area contributed by atoms with Gasteiger partial charge in [0.2, 0.25) is 0 Å². The third-order valence-corrected chi connectivity index (χ3v) is 5.26. The molecular weight excluding hydrogens is 206 g/mol. The first-order valence-electron chi connectivity index (χ1n) is 7.84. The largest absolute Gasteiger partial charge is 0.310 e. The second-order valence-electron chi connectivity index (χ2n) is 6.25.